The first-order chi connectivity index (χ1) is 7.65. The van der Waals surface area contributed by atoms with Crippen molar-refractivity contribution in [2.75, 3.05) is 6.54 Å². The van der Waals surface area contributed by atoms with Gasteiger partial charge in [-0.3, -0.25) is 4.79 Å². The number of benzene rings is 1. The molecule has 1 rings (SSSR count). The molecule has 0 aliphatic heterocycles. The van der Waals surface area contributed by atoms with E-state index in [1.807, 2.05) is 12.1 Å². The van der Waals surface area contributed by atoms with Crippen LogP contribution >= 0.6 is 22.6 Å². The lowest BCUT2D eigenvalue weighted by atomic mass is 10.2. The van der Waals surface area contributed by atoms with E-state index in [4.69, 9.17) is 0 Å². The van der Waals surface area contributed by atoms with Gasteiger partial charge in [0.1, 0.15) is 6.54 Å². The van der Waals surface area contributed by atoms with Gasteiger partial charge in [0.15, 0.2) is 0 Å². The Morgan fingerprint density at radius 2 is 2.06 bits per heavy atom. The Bertz CT molecular complexity index is 400. The van der Waals surface area contributed by atoms with E-state index in [0.717, 1.165) is 3.57 Å². The number of rotatable bonds is 4. The van der Waals surface area contributed by atoms with Gasteiger partial charge >= 0.3 is 5.97 Å². The van der Waals surface area contributed by atoms with Gasteiger partial charge in [-0.25, -0.2) is 10.2 Å². The molecule has 0 aliphatic rings. The fourth-order valence-electron chi connectivity index (χ4n) is 1.04. The molecule has 7 heteroatoms. The molecule has 0 bridgehead atoms. The fraction of sp³-hybridized carbons (Fsp3) is 0.111. The summed E-state index contributed by atoms with van der Waals surface area (Å²) in [6, 6.07) is 7.12. The van der Waals surface area contributed by atoms with Crippen LogP contribution in [0.25, 0.3) is 0 Å². The van der Waals surface area contributed by atoms with Crippen molar-refractivity contribution in [1.29, 1.82) is 0 Å². The van der Waals surface area contributed by atoms with E-state index in [1.165, 1.54) is 7.98 Å². The van der Waals surface area contributed by atoms with Crippen LogP contribution < -0.4 is 10.7 Å². The average Bonchev–Trinajstić information content (AvgIpc) is 2.27. The van der Waals surface area contributed by atoms with Crippen LogP contribution in [0.3, 0.4) is 0 Å². The van der Waals surface area contributed by atoms with Crippen LogP contribution in [0.4, 0.5) is 0 Å². The summed E-state index contributed by atoms with van der Waals surface area (Å²) in [5.41, 5.74) is 0.542. The topological polar surface area (TPSA) is 67.4 Å². The maximum absolute atomic E-state index is 11.6. The standard InChI is InChI=1S/C9H10BIN2O3/c10-13-16-8(14)5-12-9(15)6-3-1-2-4-7(6)11/h1-4,13H,5,10H2,(H,12,15). The highest BCUT2D eigenvalue weighted by Gasteiger charge is 2.10. The SMILES string of the molecule is BNOC(=O)CNC(=O)c1ccccc1I. The smallest absolute Gasteiger partial charge is 0.343 e. The molecule has 0 saturated heterocycles. The van der Waals surface area contributed by atoms with E-state index in [1.54, 1.807) is 12.1 Å². The molecule has 1 aromatic carbocycles. The molecule has 2 N–H and O–H groups in total. The lowest BCUT2D eigenvalue weighted by Gasteiger charge is -2.06. The highest BCUT2D eigenvalue weighted by atomic mass is 127. The summed E-state index contributed by atoms with van der Waals surface area (Å²) in [7, 11) is 1.47. The van der Waals surface area contributed by atoms with Gasteiger partial charge in [-0.2, -0.15) is 0 Å². The molecule has 0 unspecified atom stereocenters. The second kappa shape index (κ2) is 6.49. The second-order valence-corrected chi connectivity index (χ2v) is 4.00. The largest absolute Gasteiger partial charge is 0.382 e. The third kappa shape index (κ3) is 3.82. The summed E-state index contributed by atoms with van der Waals surface area (Å²) in [6.45, 7) is -0.162. The van der Waals surface area contributed by atoms with Crippen molar-refractivity contribution in [3.8, 4) is 0 Å². The molecule has 0 atom stereocenters. The zero-order chi connectivity index (χ0) is 12.0. The highest BCUT2D eigenvalue weighted by molar-refractivity contribution is 14.1. The molecular weight excluding hydrogens is 322 g/mol. The molecule has 0 saturated carbocycles. The molecule has 0 fully saturated rings. The van der Waals surface area contributed by atoms with Gasteiger partial charge in [0.05, 0.1) is 5.56 Å². The van der Waals surface area contributed by atoms with Crippen LogP contribution in [0.5, 0.6) is 0 Å². The zero-order valence-corrected chi connectivity index (χ0v) is 10.8. The normalized spacial score (nSPS) is 9.56. The quantitative estimate of drug-likeness (QED) is 0.448. The van der Waals surface area contributed by atoms with E-state index in [0.29, 0.717) is 5.56 Å². The lowest BCUT2D eigenvalue weighted by molar-refractivity contribution is -0.145. The summed E-state index contributed by atoms with van der Waals surface area (Å²) in [6.07, 6.45) is 0. The lowest BCUT2D eigenvalue weighted by Crippen LogP contribution is -2.33. The molecular formula is C9H10BIN2O3. The van der Waals surface area contributed by atoms with Crippen LogP contribution in [0, 0.1) is 3.57 Å². The van der Waals surface area contributed by atoms with Crippen LogP contribution in [-0.2, 0) is 9.63 Å². The fourth-order valence-corrected chi connectivity index (χ4v) is 1.68. The predicted octanol–water partition coefficient (Wildman–Crippen LogP) is -0.383. The number of halogens is 1. The molecule has 1 aromatic rings. The van der Waals surface area contributed by atoms with Gasteiger partial charge < -0.3 is 10.2 Å². The zero-order valence-electron chi connectivity index (χ0n) is 8.62. The Labute approximate surface area is 107 Å². The van der Waals surface area contributed by atoms with Gasteiger partial charge in [0.2, 0.25) is 7.98 Å². The monoisotopic (exact) mass is 332 g/mol. The van der Waals surface area contributed by atoms with Gasteiger partial charge in [-0.05, 0) is 34.7 Å². The Hall–Kier alpha value is -1.09. The number of amides is 1. The Morgan fingerprint density at radius 3 is 2.69 bits per heavy atom. The molecule has 84 valence electrons. The van der Waals surface area contributed by atoms with Gasteiger partial charge in [0, 0.05) is 3.57 Å². The summed E-state index contributed by atoms with van der Waals surface area (Å²) < 4.78 is 0.833. The van der Waals surface area contributed by atoms with Crippen molar-refractivity contribution < 1.29 is 14.4 Å². The van der Waals surface area contributed by atoms with E-state index in [2.05, 4.69) is 38.1 Å². The van der Waals surface area contributed by atoms with Crippen molar-refractivity contribution in [2.45, 2.75) is 0 Å². The van der Waals surface area contributed by atoms with Crippen LogP contribution in [0.15, 0.2) is 24.3 Å². The van der Waals surface area contributed by atoms with E-state index in [-0.39, 0.29) is 12.5 Å². The van der Waals surface area contributed by atoms with E-state index in [9.17, 15) is 9.59 Å². The van der Waals surface area contributed by atoms with E-state index >= 15 is 0 Å². The van der Waals surface area contributed by atoms with Crippen molar-refractivity contribution in [3.63, 3.8) is 0 Å². The summed E-state index contributed by atoms with van der Waals surface area (Å²) in [5.74, 6) is -0.833. The molecule has 5 nitrogen and oxygen atoms in total. The van der Waals surface area contributed by atoms with Crippen LogP contribution in [-0.4, -0.2) is 26.4 Å². The Morgan fingerprint density at radius 1 is 1.38 bits per heavy atom. The van der Waals surface area contributed by atoms with Crippen molar-refractivity contribution in [2.24, 2.45) is 0 Å². The molecule has 0 heterocycles. The molecule has 0 aliphatic carbocycles. The third-order valence-corrected chi connectivity index (χ3v) is 2.67. The minimum atomic E-state index is -0.540. The number of hydrogen-bond donors (Lipinski definition) is 2. The summed E-state index contributed by atoms with van der Waals surface area (Å²) >= 11 is 2.06. The minimum Gasteiger partial charge on any atom is -0.382 e. The maximum atomic E-state index is 11.6. The first-order valence-corrected chi connectivity index (χ1v) is 5.62. The van der Waals surface area contributed by atoms with Crippen molar-refractivity contribution >= 4 is 42.4 Å². The molecule has 0 radical (unpaired) electrons. The number of nitrogens with one attached hydrogen (secondary N) is 2. The number of carbonyl (C=O) groups excluding carboxylic acids is 2. The minimum absolute atomic E-state index is 0.162. The predicted molar refractivity (Wildman–Crippen MR) is 69.3 cm³/mol. The van der Waals surface area contributed by atoms with E-state index < -0.39 is 5.97 Å². The van der Waals surface area contributed by atoms with Crippen LogP contribution in [0.2, 0.25) is 0 Å². The van der Waals surface area contributed by atoms with Crippen LogP contribution in [0.1, 0.15) is 10.4 Å². The third-order valence-electron chi connectivity index (χ3n) is 1.73. The molecule has 0 spiro atoms. The molecule has 16 heavy (non-hydrogen) atoms. The first-order valence-electron chi connectivity index (χ1n) is 4.54. The van der Waals surface area contributed by atoms with Gasteiger partial charge in [-0.15, -0.1) is 0 Å². The molecule has 0 aromatic heterocycles. The Balaban J connectivity index is 2.54. The molecule has 1 amide bonds. The second-order valence-electron chi connectivity index (χ2n) is 2.84. The van der Waals surface area contributed by atoms with Gasteiger partial charge in [0.25, 0.3) is 5.91 Å². The average molecular weight is 332 g/mol. The number of hydrogen-bond acceptors (Lipinski definition) is 4. The van der Waals surface area contributed by atoms with Crippen molar-refractivity contribution in [3.05, 3.63) is 33.4 Å². The van der Waals surface area contributed by atoms with Gasteiger partial charge in [-0.1, -0.05) is 12.1 Å². The Kier molecular flexibility index (Phi) is 5.26. The first kappa shape index (κ1) is 13.0. The summed E-state index contributed by atoms with van der Waals surface area (Å²) in [5, 5.41) is 4.71. The summed E-state index contributed by atoms with van der Waals surface area (Å²) in [4.78, 5) is 27.0. The highest BCUT2D eigenvalue weighted by Crippen LogP contribution is 2.10. The van der Waals surface area contributed by atoms with Crippen molar-refractivity contribution in [1.82, 2.24) is 10.7 Å². The maximum Gasteiger partial charge on any atom is 0.343 e. The number of carbonyl (C=O) groups is 2.